The zero-order chi connectivity index (χ0) is 18.0. The SMILES string of the molecule is Cc1cc(/C=C/C(=O)N(C)C(C)c2cc3ccccc3[nH]2)cnc1N. The number of nitrogen functional groups attached to an aromatic ring is 1. The topological polar surface area (TPSA) is 75.0 Å². The fourth-order valence-corrected chi connectivity index (χ4v) is 2.70. The monoisotopic (exact) mass is 334 g/mol. The molecule has 0 spiro atoms. The van der Waals surface area contributed by atoms with Crippen molar-refractivity contribution in [1.29, 1.82) is 0 Å². The molecule has 0 aliphatic rings. The fraction of sp³-hybridized carbons (Fsp3) is 0.200. The summed E-state index contributed by atoms with van der Waals surface area (Å²) in [6, 6.07) is 12.0. The number of pyridine rings is 1. The molecule has 1 unspecified atom stereocenters. The summed E-state index contributed by atoms with van der Waals surface area (Å²) in [7, 11) is 1.80. The van der Waals surface area contributed by atoms with Crippen LogP contribution in [0.15, 0.2) is 48.7 Å². The minimum Gasteiger partial charge on any atom is -0.383 e. The molecular weight excluding hydrogens is 312 g/mol. The van der Waals surface area contributed by atoms with Gasteiger partial charge in [-0.05, 0) is 54.6 Å². The molecule has 2 heterocycles. The lowest BCUT2D eigenvalue weighted by molar-refractivity contribution is -0.126. The van der Waals surface area contributed by atoms with E-state index in [0.717, 1.165) is 27.7 Å². The summed E-state index contributed by atoms with van der Waals surface area (Å²) in [5, 5.41) is 1.14. The molecule has 0 saturated carbocycles. The maximum Gasteiger partial charge on any atom is 0.246 e. The highest BCUT2D eigenvalue weighted by molar-refractivity contribution is 5.92. The smallest absolute Gasteiger partial charge is 0.246 e. The van der Waals surface area contributed by atoms with Crippen LogP contribution in [0.25, 0.3) is 17.0 Å². The number of carbonyl (C=O) groups excluding carboxylic acids is 1. The third-order valence-electron chi connectivity index (χ3n) is 4.49. The van der Waals surface area contributed by atoms with Crippen molar-refractivity contribution in [2.24, 2.45) is 0 Å². The molecule has 2 aromatic heterocycles. The highest BCUT2D eigenvalue weighted by atomic mass is 16.2. The largest absolute Gasteiger partial charge is 0.383 e. The number of aromatic nitrogens is 2. The van der Waals surface area contributed by atoms with Gasteiger partial charge < -0.3 is 15.6 Å². The number of benzene rings is 1. The molecule has 1 aromatic carbocycles. The Morgan fingerprint density at radius 3 is 2.80 bits per heavy atom. The lowest BCUT2D eigenvalue weighted by atomic mass is 10.1. The van der Waals surface area contributed by atoms with Crippen molar-refractivity contribution in [2.75, 3.05) is 12.8 Å². The van der Waals surface area contributed by atoms with Gasteiger partial charge in [0.1, 0.15) is 5.82 Å². The first-order valence-corrected chi connectivity index (χ1v) is 8.20. The Hall–Kier alpha value is -3.08. The number of para-hydroxylation sites is 1. The Morgan fingerprint density at radius 2 is 2.08 bits per heavy atom. The zero-order valence-electron chi connectivity index (χ0n) is 14.7. The van der Waals surface area contributed by atoms with E-state index >= 15 is 0 Å². The van der Waals surface area contributed by atoms with Gasteiger partial charge >= 0.3 is 0 Å². The number of aromatic amines is 1. The van der Waals surface area contributed by atoms with Gasteiger partial charge in [-0.1, -0.05) is 18.2 Å². The van der Waals surface area contributed by atoms with E-state index < -0.39 is 0 Å². The Balaban J connectivity index is 1.74. The third-order valence-corrected chi connectivity index (χ3v) is 4.49. The standard InChI is InChI=1S/C20H22N4O/c1-13-10-15(12-22-20(13)21)8-9-19(25)24(3)14(2)18-11-16-6-4-5-7-17(16)23-18/h4-12,14,23H,1-3H3,(H2,21,22)/b9-8+. The van der Waals surface area contributed by atoms with Gasteiger partial charge in [0, 0.05) is 30.5 Å². The number of nitrogens with zero attached hydrogens (tertiary/aromatic N) is 2. The number of nitrogens with one attached hydrogen (secondary N) is 1. The Labute approximate surface area is 147 Å². The summed E-state index contributed by atoms with van der Waals surface area (Å²) >= 11 is 0. The van der Waals surface area contributed by atoms with E-state index in [1.165, 1.54) is 0 Å². The molecule has 3 rings (SSSR count). The Bertz CT molecular complexity index is 909. The van der Waals surface area contributed by atoms with Crippen LogP contribution in [0.1, 0.15) is 29.8 Å². The number of H-pyrrole nitrogens is 1. The molecule has 0 aliphatic heterocycles. The molecule has 25 heavy (non-hydrogen) atoms. The number of likely N-dealkylation sites (N-methyl/N-ethyl adjacent to an activating group) is 1. The van der Waals surface area contributed by atoms with Crippen molar-refractivity contribution in [3.8, 4) is 0 Å². The van der Waals surface area contributed by atoms with Crippen molar-refractivity contribution < 1.29 is 4.79 Å². The van der Waals surface area contributed by atoms with Gasteiger partial charge in [-0.2, -0.15) is 0 Å². The maximum absolute atomic E-state index is 12.5. The van der Waals surface area contributed by atoms with E-state index in [-0.39, 0.29) is 11.9 Å². The molecule has 0 aliphatic carbocycles. The number of carbonyl (C=O) groups is 1. The summed E-state index contributed by atoms with van der Waals surface area (Å²) in [6.07, 6.45) is 4.98. The molecule has 128 valence electrons. The molecule has 1 amide bonds. The third kappa shape index (κ3) is 3.55. The predicted octanol–water partition coefficient (Wildman–Crippen LogP) is 3.69. The molecular formula is C20H22N4O. The van der Waals surface area contributed by atoms with E-state index in [4.69, 9.17) is 5.73 Å². The first-order valence-electron chi connectivity index (χ1n) is 8.20. The number of anilines is 1. The number of amides is 1. The summed E-state index contributed by atoms with van der Waals surface area (Å²) in [4.78, 5) is 21.7. The van der Waals surface area contributed by atoms with Crippen molar-refractivity contribution in [1.82, 2.24) is 14.9 Å². The summed E-state index contributed by atoms with van der Waals surface area (Å²) in [5.41, 5.74) is 9.55. The average molecular weight is 334 g/mol. The minimum absolute atomic E-state index is 0.0594. The van der Waals surface area contributed by atoms with Crippen LogP contribution < -0.4 is 5.73 Å². The van der Waals surface area contributed by atoms with E-state index in [1.54, 1.807) is 30.3 Å². The number of hydrogen-bond acceptors (Lipinski definition) is 3. The fourth-order valence-electron chi connectivity index (χ4n) is 2.70. The van der Waals surface area contributed by atoms with Gasteiger partial charge in [0.25, 0.3) is 0 Å². The van der Waals surface area contributed by atoms with Gasteiger partial charge in [0.05, 0.1) is 6.04 Å². The normalized spacial score (nSPS) is 12.6. The predicted molar refractivity (Wildman–Crippen MR) is 102 cm³/mol. The van der Waals surface area contributed by atoms with E-state index in [0.29, 0.717) is 5.82 Å². The number of rotatable bonds is 4. The lowest BCUT2D eigenvalue weighted by Gasteiger charge is -2.22. The van der Waals surface area contributed by atoms with Gasteiger partial charge in [0.2, 0.25) is 5.91 Å². The van der Waals surface area contributed by atoms with Crippen LogP contribution in [0.4, 0.5) is 5.82 Å². The molecule has 1 atom stereocenters. The van der Waals surface area contributed by atoms with Gasteiger partial charge in [-0.3, -0.25) is 4.79 Å². The number of fused-ring (bicyclic) bond motifs is 1. The van der Waals surface area contributed by atoms with Crippen LogP contribution in [0, 0.1) is 6.92 Å². The van der Waals surface area contributed by atoms with Crippen LogP contribution in [0.3, 0.4) is 0 Å². The summed E-state index contributed by atoms with van der Waals surface area (Å²) in [5.74, 6) is 0.439. The van der Waals surface area contributed by atoms with Crippen molar-refractivity contribution in [3.05, 3.63) is 65.5 Å². The van der Waals surface area contributed by atoms with Crippen LogP contribution in [0.2, 0.25) is 0 Å². The number of nitrogens with two attached hydrogens (primary N) is 1. The Morgan fingerprint density at radius 1 is 1.32 bits per heavy atom. The van der Waals surface area contributed by atoms with E-state index in [9.17, 15) is 4.79 Å². The van der Waals surface area contributed by atoms with Gasteiger partial charge in [0.15, 0.2) is 0 Å². The molecule has 3 N–H and O–H groups in total. The Kier molecular flexibility index (Phi) is 4.57. The van der Waals surface area contributed by atoms with Crippen molar-refractivity contribution in [3.63, 3.8) is 0 Å². The molecule has 0 saturated heterocycles. The van der Waals surface area contributed by atoms with Crippen LogP contribution in [-0.4, -0.2) is 27.8 Å². The first-order chi connectivity index (χ1) is 12.0. The van der Waals surface area contributed by atoms with Crippen LogP contribution >= 0.6 is 0 Å². The van der Waals surface area contributed by atoms with E-state index in [2.05, 4.69) is 22.1 Å². The summed E-state index contributed by atoms with van der Waals surface area (Å²) < 4.78 is 0. The second kappa shape index (κ2) is 6.81. The second-order valence-electron chi connectivity index (χ2n) is 6.24. The molecule has 3 aromatic rings. The number of hydrogen-bond donors (Lipinski definition) is 2. The molecule has 0 fully saturated rings. The average Bonchev–Trinajstić information content (AvgIpc) is 3.05. The number of aryl methyl sites for hydroxylation is 1. The maximum atomic E-state index is 12.5. The van der Waals surface area contributed by atoms with Crippen LogP contribution in [0.5, 0.6) is 0 Å². The second-order valence-corrected chi connectivity index (χ2v) is 6.24. The highest BCUT2D eigenvalue weighted by Gasteiger charge is 2.17. The van der Waals surface area contributed by atoms with E-state index in [1.807, 2.05) is 38.1 Å². The highest BCUT2D eigenvalue weighted by Crippen LogP contribution is 2.23. The molecule has 0 radical (unpaired) electrons. The molecule has 0 bridgehead atoms. The quantitative estimate of drug-likeness (QED) is 0.715. The molecule has 5 nitrogen and oxygen atoms in total. The zero-order valence-corrected chi connectivity index (χ0v) is 14.7. The van der Waals surface area contributed by atoms with Gasteiger partial charge in [-0.15, -0.1) is 0 Å². The molecule has 5 heteroatoms. The van der Waals surface area contributed by atoms with Crippen molar-refractivity contribution >= 4 is 28.7 Å². The lowest BCUT2D eigenvalue weighted by Crippen LogP contribution is -2.28. The first kappa shape index (κ1) is 16.8. The van der Waals surface area contributed by atoms with Gasteiger partial charge in [-0.25, -0.2) is 4.98 Å². The van der Waals surface area contributed by atoms with Crippen LogP contribution in [-0.2, 0) is 4.79 Å². The minimum atomic E-state index is -0.0689. The summed E-state index contributed by atoms with van der Waals surface area (Å²) in [6.45, 7) is 3.90. The van der Waals surface area contributed by atoms with Crippen molar-refractivity contribution in [2.45, 2.75) is 19.9 Å².